The topological polar surface area (TPSA) is 102 Å². The first-order valence-corrected chi connectivity index (χ1v) is 4.81. The van der Waals surface area contributed by atoms with E-state index in [1.54, 1.807) is 0 Å². The lowest BCUT2D eigenvalue weighted by Gasteiger charge is -2.20. The third kappa shape index (κ3) is 4.12. The molecule has 0 aliphatic carbocycles. The zero-order chi connectivity index (χ0) is 14.8. The molecule has 0 saturated heterocycles. The highest BCUT2D eigenvalue weighted by molar-refractivity contribution is 5.74. The van der Waals surface area contributed by atoms with Crippen molar-refractivity contribution < 1.29 is 28.0 Å². The number of carboxylic acid groups (broad SMARTS) is 1. The molecule has 1 heterocycles. The largest absolute Gasteiger partial charge is 0.480 e. The Hall–Kier alpha value is -2.33. The Bertz CT molecular complexity index is 499. The number of hydrogen-bond acceptors (Lipinski definition) is 5. The van der Waals surface area contributed by atoms with Crippen molar-refractivity contribution in [2.75, 3.05) is 18.0 Å². The van der Waals surface area contributed by atoms with E-state index >= 15 is 0 Å². The summed E-state index contributed by atoms with van der Waals surface area (Å²) in [4.78, 5) is 20.6. The lowest BCUT2D eigenvalue weighted by molar-refractivity contribution is -0.384. The number of nitrogens with zero attached hydrogens (tertiary/aromatic N) is 4. The molecule has 0 unspecified atom stereocenters. The molecule has 0 fully saturated rings. The number of anilines is 1. The summed E-state index contributed by atoms with van der Waals surface area (Å²) in [5, 5.41) is 22.8. The summed E-state index contributed by atoms with van der Waals surface area (Å²) in [5.41, 5.74) is -0.687. The third-order valence-electron chi connectivity index (χ3n) is 1.98. The van der Waals surface area contributed by atoms with Crippen LogP contribution in [0.4, 0.5) is 24.7 Å². The van der Waals surface area contributed by atoms with Gasteiger partial charge in [0.15, 0.2) is 0 Å². The fraction of sp³-hybridized carbons (Fsp3) is 0.500. The van der Waals surface area contributed by atoms with E-state index in [1.807, 2.05) is 0 Å². The number of aryl methyl sites for hydroxylation is 1. The SMILES string of the molecule is Cn1cc([N+](=O)[O-])c(N(CC(=O)O)CC(F)(F)F)n1. The predicted molar refractivity (Wildman–Crippen MR) is 55.8 cm³/mol. The third-order valence-corrected chi connectivity index (χ3v) is 1.98. The lowest BCUT2D eigenvalue weighted by atomic mass is 10.4. The van der Waals surface area contributed by atoms with Crippen LogP contribution in [-0.4, -0.2) is 45.0 Å². The van der Waals surface area contributed by atoms with Gasteiger partial charge in [0.05, 0.1) is 4.92 Å². The van der Waals surface area contributed by atoms with E-state index in [1.165, 1.54) is 7.05 Å². The standard InChI is InChI=1S/C8H9F3N4O4/c1-13-2-5(15(18)19)7(12-13)14(3-6(16)17)4-8(9,10)11/h2H,3-4H2,1H3,(H,16,17). The zero-order valence-corrected chi connectivity index (χ0v) is 9.59. The Morgan fingerprint density at radius 2 is 2.21 bits per heavy atom. The van der Waals surface area contributed by atoms with Crippen molar-refractivity contribution in [2.45, 2.75) is 6.18 Å². The molecule has 1 rings (SSSR count). The number of halogens is 3. The van der Waals surface area contributed by atoms with Gasteiger partial charge in [-0.15, -0.1) is 5.10 Å². The fourth-order valence-corrected chi connectivity index (χ4v) is 1.40. The first kappa shape index (κ1) is 14.7. The molecule has 0 bridgehead atoms. The van der Waals surface area contributed by atoms with Gasteiger partial charge in [-0.25, -0.2) is 0 Å². The van der Waals surface area contributed by atoms with E-state index in [9.17, 15) is 28.1 Å². The van der Waals surface area contributed by atoms with E-state index in [2.05, 4.69) is 5.10 Å². The average Bonchev–Trinajstić information content (AvgIpc) is 2.56. The smallest absolute Gasteiger partial charge is 0.405 e. The molecule has 0 radical (unpaired) electrons. The quantitative estimate of drug-likeness (QED) is 0.632. The number of carboxylic acids is 1. The van der Waals surface area contributed by atoms with E-state index < -0.39 is 41.7 Å². The maximum Gasteiger partial charge on any atom is 0.405 e. The van der Waals surface area contributed by atoms with E-state index in [-0.39, 0.29) is 0 Å². The van der Waals surface area contributed by atoms with Gasteiger partial charge in [-0.2, -0.15) is 13.2 Å². The molecular formula is C8H9F3N4O4. The number of carbonyl (C=O) groups is 1. The van der Waals surface area contributed by atoms with Gasteiger partial charge in [-0.3, -0.25) is 19.6 Å². The van der Waals surface area contributed by atoms with Gasteiger partial charge >= 0.3 is 17.8 Å². The van der Waals surface area contributed by atoms with Crippen LogP contribution in [0.3, 0.4) is 0 Å². The van der Waals surface area contributed by atoms with Crippen LogP contribution in [0.5, 0.6) is 0 Å². The van der Waals surface area contributed by atoms with Gasteiger partial charge in [0.25, 0.3) is 0 Å². The second kappa shape index (κ2) is 5.12. The van der Waals surface area contributed by atoms with Crippen molar-refractivity contribution in [3.63, 3.8) is 0 Å². The second-order valence-corrected chi connectivity index (χ2v) is 3.63. The molecule has 19 heavy (non-hydrogen) atoms. The number of aromatic nitrogens is 2. The van der Waals surface area contributed by atoms with Crippen LogP contribution in [-0.2, 0) is 11.8 Å². The van der Waals surface area contributed by atoms with Crippen molar-refractivity contribution >= 4 is 17.5 Å². The Labute approximate surface area is 104 Å². The van der Waals surface area contributed by atoms with Crippen LogP contribution in [0.2, 0.25) is 0 Å². The molecule has 1 aromatic rings. The summed E-state index contributed by atoms with van der Waals surface area (Å²) in [7, 11) is 1.28. The Balaban J connectivity index is 3.16. The van der Waals surface area contributed by atoms with Crippen LogP contribution >= 0.6 is 0 Å². The van der Waals surface area contributed by atoms with Gasteiger partial charge in [-0.1, -0.05) is 0 Å². The molecule has 1 aromatic heterocycles. The summed E-state index contributed by atoms with van der Waals surface area (Å²) < 4.78 is 38.0. The maximum absolute atomic E-state index is 12.3. The van der Waals surface area contributed by atoms with Gasteiger partial charge in [0.1, 0.15) is 19.3 Å². The molecule has 1 N–H and O–H groups in total. The molecule has 8 nitrogen and oxygen atoms in total. The molecule has 0 spiro atoms. The number of nitro groups is 1. The molecule has 106 valence electrons. The van der Waals surface area contributed by atoms with Gasteiger partial charge in [0, 0.05) is 7.05 Å². The Morgan fingerprint density at radius 3 is 2.63 bits per heavy atom. The summed E-state index contributed by atoms with van der Waals surface area (Å²) in [6.45, 7) is -2.69. The lowest BCUT2D eigenvalue weighted by Crippen LogP contribution is -2.38. The zero-order valence-electron chi connectivity index (χ0n) is 9.59. The fourth-order valence-electron chi connectivity index (χ4n) is 1.40. The van der Waals surface area contributed by atoms with Gasteiger partial charge in [0.2, 0.25) is 5.82 Å². The van der Waals surface area contributed by atoms with E-state index in [0.29, 0.717) is 4.90 Å². The van der Waals surface area contributed by atoms with Crippen LogP contribution in [0, 0.1) is 10.1 Å². The van der Waals surface area contributed by atoms with Crippen molar-refractivity contribution in [3.05, 3.63) is 16.3 Å². The predicted octanol–water partition coefficient (Wildman–Crippen LogP) is 0.782. The van der Waals surface area contributed by atoms with Crippen LogP contribution in [0.25, 0.3) is 0 Å². The second-order valence-electron chi connectivity index (χ2n) is 3.63. The van der Waals surface area contributed by atoms with Crippen LogP contribution in [0.15, 0.2) is 6.20 Å². The van der Waals surface area contributed by atoms with E-state index in [4.69, 9.17) is 5.11 Å². The van der Waals surface area contributed by atoms with Crippen molar-refractivity contribution in [3.8, 4) is 0 Å². The normalized spacial score (nSPS) is 11.4. The first-order valence-electron chi connectivity index (χ1n) is 4.81. The number of aliphatic carboxylic acids is 1. The van der Waals surface area contributed by atoms with Crippen molar-refractivity contribution in [1.82, 2.24) is 9.78 Å². The van der Waals surface area contributed by atoms with Gasteiger partial charge in [-0.05, 0) is 0 Å². The number of rotatable bonds is 5. The average molecular weight is 282 g/mol. The van der Waals surface area contributed by atoms with E-state index in [0.717, 1.165) is 10.9 Å². The molecule has 0 amide bonds. The summed E-state index contributed by atoms with van der Waals surface area (Å²) in [6.07, 6.45) is -3.80. The highest BCUT2D eigenvalue weighted by atomic mass is 19.4. The van der Waals surface area contributed by atoms with Crippen molar-refractivity contribution in [1.29, 1.82) is 0 Å². The van der Waals surface area contributed by atoms with Crippen molar-refractivity contribution in [2.24, 2.45) is 7.05 Å². The molecule has 0 aliphatic heterocycles. The minimum atomic E-state index is -4.71. The molecule has 0 aliphatic rings. The summed E-state index contributed by atoms with van der Waals surface area (Å²) in [6, 6.07) is 0. The van der Waals surface area contributed by atoms with Crippen LogP contribution < -0.4 is 4.90 Å². The molecule has 0 aromatic carbocycles. The minimum Gasteiger partial charge on any atom is -0.480 e. The van der Waals surface area contributed by atoms with Crippen LogP contribution in [0.1, 0.15) is 0 Å². The molecule has 0 atom stereocenters. The number of alkyl halides is 3. The summed E-state index contributed by atoms with van der Waals surface area (Å²) in [5.74, 6) is -2.18. The maximum atomic E-state index is 12.3. The molecule has 11 heteroatoms. The highest BCUT2D eigenvalue weighted by Gasteiger charge is 2.35. The molecular weight excluding hydrogens is 273 g/mol. The Morgan fingerprint density at radius 1 is 1.63 bits per heavy atom. The monoisotopic (exact) mass is 282 g/mol. The minimum absolute atomic E-state index is 0.292. The summed E-state index contributed by atoms with van der Waals surface area (Å²) >= 11 is 0. The number of hydrogen-bond donors (Lipinski definition) is 1. The Kier molecular flexibility index (Phi) is 3.97. The first-order chi connectivity index (χ1) is 8.60. The van der Waals surface area contributed by atoms with Gasteiger partial charge < -0.3 is 10.0 Å². The molecule has 0 saturated carbocycles. The highest BCUT2D eigenvalue weighted by Crippen LogP contribution is 2.28.